The third kappa shape index (κ3) is 5.40. The van der Waals surface area contributed by atoms with Crippen LogP contribution in [-0.2, 0) is 0 Å². The summed E-state index contributed by atoms with van der Waals surface area (Å²) in [5.74, 6) is 0. The number of allylic oxidation sites excluding steroid dienone is 5. The van der Waals surface area contributed by atoms with E-state index in [0.29, 0.717) is 0 Å². The molecule has 3 N–H and O–H groups in total. The van der Waals surface area contributed by atoms with Crippen LogP contribution in [0, 0.1) is 5.41 Å². The topological polar surface area (TPSA) is 38.0 Å². The van der Waals surface area contributed by atoms with Crippen molar-refractivity contribution in [1.29, 1.82) is 0 Å². The molecule has 0 bridgehead atoms. The second-order valence-corrected chi connectivity index (χ2v) is 7.87. The number of hydrogen-bond donors (Lipinski definition) is 2. The van der Waals surface area contributed by atoms with Crippen LogP contribution in [0.3, 0.4) is 0 Å². The second-order valence-electron chi connectivity index (χ2n) is 7.87. The predicted octanol–water partition coefficient (Wildman–Crippen LogP) is 5.20. The third-order valence-corrected chi connectivity index (χ3v) is 4.78. The SMILES string of the molecule is C=C1CC=CC(NC(C)(C)CCCCC(C)(C)C(=C)N)=C1C. The maximum absolute atomic E-state index is 5.86. The molecule has 0 aliphatic heterocycles. The molecule has 0 saturated carbocycles. The number of hydrogen-bond acceptors (Lipinski definition) is 2. The Labute approximate surface area is 137 Å². The van der Waals surface area contributed by atoms with Crippen LogP contribution in [0.4, 0.5) is 0 Å². The van der Waals surface area contributed by atoms with E-state index in [1.54, 1.807) is 0 Å². The Morgan fingerprint density at radius 2 is 1.82 bits per heavy atom. The maximum atomic E-state index is 5.86. The molecule has 0 heterocycles. The van der Waals surface area contributed by atoms with Crippen molar-refractivity contribution in [3.05, 3.63) is 47.9 Å². The third-order valence-electron chi connectivity index (χ3n) is 4.78. The summed E-state index contributed by atoms with van der Waals surface area (Å²) in [5, 5.41) is 3.69. The van der Waals surface area contributed by atoms with Gasteiger partial charge in [-0.05, 0) is 57.3 Å². The summed E-state index contributed by atoms with van der Waals surface area (Å²) < 4.78 is 0. The van der Waals surface area contributed by atoms with E-state index < -0.39 is 0 Å². The smallest absolute Gasteiger partial charge is 0.0373 e. The Balaban J connectivity index is 2.48. The maximum Gasteiger partial charge on any atom is 0.0373 e. The highest BCUT2D eigenvalue weighted by Gasteiger charge is 2.22. The average molecular weight is 303 g/mol. The van der Waals surface area contributed by atoms with Gasteiger partial charge in [0.05, 0.1) is 0 Å². The van der Waals surface area contributed by atoms with E-state index in [1.807, 2.05) is 0 Å². The van der Waals surface area contributed by atoms with E-state index in [4.69, 9.17) is 5.73 Å². The molecular formula is C20H34N2. The van der Waals surface area contributed by atoms with Crippen molar-refractivity contribution >= 4 is 0 Å². The van der Waals surface area contributed by atoms with Gasteiger partial charge in [0.1, 0.15) is 0 Å². The summed E-state index contributed by atoms with van der Waals surface area (Å²) in [6.07, 6.45) is 9.93. The van der Waals surface area contributed by atoms with Crippen LogP contribution in [0.15, 0.2) is 47.9 Å². The fraction of sp³-hybridized carbons (Fsp3) is 0.600. The number of nitrogens with two attached hydrogens (primary N) is 1. The van der Waals surface area contributed by atoms with Gasteiger partial charge in [-0.15, -0.1) is 0 Å². The lowest BCUT2D eigenvalue weighted by atomic mass is 9.83. The number of unbranched alkanes of at least 4 members (excludes halogenated alkanes) is 1. The summed E-state index contributed by atoms with van der Waals surface area (Å²) in [4.78, 5) is 0. The van der Waals surface area contributed by atoms with Crippen LogP contribution in [0.25, 0.3) is 0 Å². The first-order chi connectivity index (χ1) is 10.1. The van der Waals surface area contributed by atoms with Gasteiger partial charge in [0, 0.05) is 22.3 Å². The molecule has 124 valence electrons. The van der Waals surface area contributed by atoms with Gasteiger partial charge in [0.2, 0.25) is 0 Å². The van der Waals surface area contributed by atoms with Gasteiger partial charge in [-0.25, -0.2) is 0 Å². The summed E-state index contributed by atoms with van der Waals surface area (Å²) in [5.41, 5.74) is 10.5. The fourth-order valence-corrected chi connectivity index (χ4v) is 2.64. The van der Waals surface area contributed by atoms with Gasteiger partial charge in [0.25, 0.3) is 0 Å². The molecule has 1 rings (SSSR count). The van der Waals surface area contributed by atoms with Crippen molar-refractivity contribution in [3.8, 4) is 0 Å². The van der Waals surface area contributed by atoms with Gasteiger partial charge in [-0.2, -0.15) is 0 Å². The second kappa shape index (κ2) is 7.21. The molecular weight excluding hydrogens is 268 g/mol. The molecule has 0 radical (unpaired) electrons. The first-order valence-corrected chi connectivity index (χ1v) is 8.34. The average Bonchev–Trinajstić information content (AvgIpc) is 2.40. The zero-order valence-corrected chi connectivity index (χ0v) is 15.2. The number of rotatable bonds is 8. The molecule has 0 aromatic carbocycles. The summed E-state index contributed by atoms with van der Waals surface area (Å²) >= 11 is 0. The predicted molar refractivity (Wildman–Crippen MR) is 98.4 cm³/mol. The molecule has 0 amide bonds. The highest BCUT2D eigenvalue weighted by molar-refractivity contribution is 5.42. The summed E-state index contributed by atoms with van der Waals surface area (Å²) in [6, 6.07) is 0. The fourth-order valence-electron chi connectivity index (χ4n) is 2.64. The molecule has 0 spiro atoms. The molecule has 2 nitrogen and oxygen atoms in total. The highest BCUT2D eigenvalue weighted by atomic mass is 15.0. The standard InChI is InChI=1S/C20H34N2/c1-15-11-10-12-18(16(15)2)22-20(6,7)14-9-8-13-19(4,5)17(3)21/h10,12,22H,1,3,8-9,11,13-14,21H2,2,4-7H3. The molecule has 0 atom stereocenters. The quantitative estimate of drug-likeness (QED) is 0.604. The minimum Gasteiger partial charge on any atom is -0.402 e. The normalized spacial score (nSPS) is 16.1. The number of nitrogens with one attached hydrogen (secondary N) is 1. The molecule has 0 aromatic rings. The van der Waals surface area contributed by atoms with Gasteiger partial charge >= 0.3 is 0 Å². The monoisotopic (exact) mass is 302 g/mol. The van der Waals surface area contributed by atoms with Gasteiger partial charge in [0.15, 0.2) is 0 Å². The van der Waals surface area contributed by atoms with Crippen LogP contribution < -0.4 is 11.1 Å². The largest absolute Gasteiger partial charge is 0.402 e. The van der Waals surface area contributed by atoms with Crippen molar-refractivity contribution in [2.45, 2.75) is 72.3 Å². The van der Waals surface area contributed by atoms with E-state index in [0.717, 1.165) is 25.0 Å². The molecule has 22 heavy (non-hydrogen) atoms. The first kappa shape index (κ1) is 18.6. The van der Waals surface area contributed by atoms with E-state index in [-0.39, 0.29) is 11.0 Å². The molecule has 0 aromatic heterocycles. The molecule has 1 aliphatic rings. The Morgan fingerprint density at radius 1 is 1.23 bits per heavy atom. The van der Waals surface area contributed by atoms with E-state index in [1.165, 1.54) is 29.7 Å². The van der Waals surface area contributed by atoms with Crippen molar-refractivity contribution in [2.75, 3.05) is 0 Å². The lowest BCUT2D eigenvalue weighted by Crippen LogP contribution is -2.39. The van der Waals surface area contributed by atoms with Crippen molar-refractivity contribution in [2.24, 2.45) is 11.1 Å². The Kier molecular flexibility index (Phi) is 6.10. The molecule has 0 unspecified atom stereocenters. The van der Waals surface area contributed by atoms with Crippen LogP contribution in [0.1, 0.15) is 66.7 Å². The lowest BCUT2D eigenvalue weighted by Gasteiger charge is -2.31. The molecule has 0 saturated heterocycles. The van der Waals surface area contributed by atoms with E-state index in [2.05, 4.69) is 65.2 Å². The van der Waals surface area contributed by atoms with Crippen molar-refractivity contribution in [1.82, 2.24) is 5.32 Å². The van der Waals surface area contributed by atoms with Crippen molar-refractivity contribution in [3.63, 3.8) is 0 Å². The zero-order valence-electron chi connectivity index (χ0n) is 15.2. The Bertz CT molecular complexity index is 490. The molecule has 1 aliphatic carbocycles. The zero-order chi connectivity index (χ0) is 17.0. The van der Waals surface area contributed by atoms with Gasteiger partial charge in [-0.3, -0.25) is 0 Å². The van der Waals surface area contributed by atoms with Crippen LogP contribution in [0.2, 0.25) is 0 Å². The minimum absolute atomic E-state index is 0.0422. The summed E-state index contributed by atoms with van der Waals surface area (Å²) in [7, 11) is 0. The van der Waals surface area contributed by atoms with Gasteiger partial charge in [-0.1, -0.05) is 45.9 Å². The van der Waals surface area contributed by atoms with Crippen LogP contribution in [0.5, 0.6) is 0 Å². The first-order valence-electron chi connectivity index (χ1n) is 8.34. The molecule has 0 fully saturated rings. The van der Waals surface area contributed by atoms with E-state index in [9.17, 15) is 0 Å². The summed E-state index contributed by atoms with van der Waals surface area (Å²) in [6.45, 7) is 19.1. The van der Waals surface area contributed by atoms with Gasteiger partial charge < -0.3 is 11.1 Å². The minimum atomic E-state index is 0.0422. The highest BCUT2D eigenvalue weighted by Crippen LogP contribution is 2.29. The molecule has 2 heteroatoms. The van der Waals surface area contributed by atoms with Crippen LogP contribution >= 0.6 is 0 Å². The van der Waals surface area contributed by atoms with E-state index >= 15 is 0 Å². The Hall–Kier alpha value is -1.44. The lowest BCUT2D eigenvalue weighted by molar-refractivity contribution is 0.343. The Morgan fingerprint density at radius 3 is 2.41 bits per heavy atom. The van der Waals surface area contributed by atoms with Crippen molar-refractivity contribution < 1.29 is 0 Å². The van der Waals surface area contributed by atoms with Crippen LogP contribution in [-0.4, -0.2) is 5.54 Å².